The first-order chi connectivity index (χ1) is 12.1. The van der Waals surface area contributed by atoms with Gasteiger partial charge in [-0.1, -0.05) is 36.8 Å². The summed E-state index contributed by atoms with van der Waals surface area (Å²) in [6.07, 6.45) is 3.80. The maximum Gasteiger partial charge on any atom is 0.191 e. The van der Waals surface area contributed by atoms with E-state index in [9.17, 15) is 0 Å². The van der Waals surface area contributed by atoms with Crippen LogP contribution in [0.4, 0.5) is 0 Å². The first kappa shape index (κ1) is 18.2. The maximum absolute atomic E-state index is 4.85. The number of benzene rings is 1. The number of hydrogen-bond acceptors (Lipinski definition) is 2. The van der Waals surface area contributed by atoms with Crippen molar-refractivity contribution >= 4 is 5.96 Å². The highest BCUT2D eigenvalue weighted by Crippen LogP contribution is 2.28. The Morgan fingerprint density at radius 3 is 2.48 bits per heavy atom. The Labute approximate surface area is 153 Å². The van der Waals surface area contributed by atoms with Crippen LogP contribution in [-0.2, 0) is 6.54 Å². The standard InChI is InChI=1S/C21H34N4/c1-4-22-21(24-20-13-17(20)3)23-14-18-9-11-25(12-10-18)15-19-7-5-16(2)6-8-19/h5-8,17-18,20H,4,9-15H2,1-3H3,(H2,22,23,24). The van der Waals surface area contributed by atoms with E-state index in [0.717, 1.165) is 37.4 Å². The fraction of sp³-hybridized carbons (Fsp3) is 0.667. The van der Waals surface area contributed by atoms with E-state index < -0.39 is 0 Å². The Balaban J connectivity index is 1.41. The second kappa shape index (κ2) is 8.70. The van der Waals surface area contributed by atoms with Gasteiger partial charge in [-0.3, -0.25) is 9.89 Å². The molecule has 4 heteroatoms. The molecule has 3 rings (SSSR count). The number of likely N-dealkylation sites (tertiary alicyclic amines) is 1. The average molecular weight is 343 g/mol. The summed E-state index contributed by atoms with van der Waals surface area (Å²) < 4.78 is 0. The second-order valence-electron chi connectivity index (χ2n) is 7.89. The molecule has 138 valence electrons. The first-order valence-electron chi connectivity index (χ1n) is 9.96. The van der Waals surface area contributed by atoms with Gasteiger partial charge in [0, 0.05) is 25.7 Å². The lowest BCUT2D eigenvalue weighted by Crippen LogP contribution is -2.40. The second-order valence-corrected chi connectivity index (χ2v) is 7.89. The molecule has 1 saturated heterocycles. The van der Waals surface area contributed by atoms with Crippen LogP contribution in [0, 0.1) is 18.8 Å². The van der Waals surface area contributed by atoms with E-state index in [1.165, 1.54) is 43.5 Å². The van der Waals surface area contributed by atoms with Gasteiger partial charge < -0.3 is 10.6 Å². The summed E-state index contributed by atoms with van der Waals surface area (Å²) in [5.41, 5.74) is 2.77. The van der Waals surface area contributed by atoms with Gasteiger partial charge in [0.25, 0.3) is 0 Å². The van der Waals surface area contributed by atoms with E-state index in [4.69, 9.17) is 4.99 Å². The van der Waals surface area contributed by atoms with Crippen LogP contribution in [0.25, 0.3) is 0 Å². The zero-order valence-corrected chi connectivity index (χ0v) is 16.1. The minimum atomic E-state index is 0.633. The lowest BCUT2D eigenvalue weighted by Gasteiger charge is -2.31. The number of piperidine rings is 1. The summed E-state index contributed by atoms with van der Waals surface area (Å²) in [6, 6.07) is 9.59. The summed E-state index contributed by atoms with van der Waals surface area (Å²) in [5, 5.41) is 6.94. The van der Waals surface area contributed by atoms with Gasteiger partial charge in [-0.05, 0) is 63.6 Å². The van der Waals surface area contributed by atoms with E-state index >= 15 is 0 Å². The first-order valence-corrected chi connectivity index (χ1v) is 9.96. The van der Waals surface area contributed by atoms with Crippen molar-refractivity contribution < 1.29 is 0 Å². The van der Waals surface area contributed by atoms with Crippen molar-refractivity contribution in [2.75, 3.05) is 26.2 Å². The molecule has 0 aromatic heterocycles. The summed E-state index contributed by atoms with van der Waals surface area (Å²) in [5.74, 6) is 2.54. The van der Waals surface area contributed by atoms with Gasteiger partial charge in [-0.2, -0.15) is 0 Å². The molecule has 2 atom stereocenters. The van der Waals surface area contributed by atoms with Crippen LogP contribution in [-0.4, -0.2) is 43.1 Å². The SMILES string of the molecule is CCNC(=NCC1CCN(Cc2ccc(C)cc2)CC1)NC1CC1C. The summed E-state index contributed by atoms with van der Waals surface area (Å²) >= 11 is 0. The molecule has 1 heterocycles. The lowest BCUT2D eigenvalue weighted by atomic mass is 9.96. The van der Waals surface area contributed by atoms with Crippen LogP contribution in [0.5, 0.6) is 0 Å². The highest BCUT2D eigenvalue weighted by molar-refractivity contribution is 5.80. The molecule has 1 aliphatic heterocycles. The summed E-state index contributed by atoms with van der Waals surface area (Å²) in [6.45, 7) is 11.9. The topological polar surface area (TPSA) is 39.7 Å². The normalized spacial score (nSPS) is 25.0. The average Bonchev–Trinajstić information content (AvgIpc) is 3.31. The van der Waals surface area contributed by atoms with Gasteiger partial charge in [0.05, 0.1) is 0 Å². The minimum absolute atomic E-state index is 0.633. The molecule has 1 aliphatic carbocycles. The molecule has 2 aliphatic rings. The van der Waals surface area contributed by atoms with Crippen molar-refractivity contribution in [3.8, 4) is 0 Å². The smallest absolute Gasteiger partial charge is 0.191 e. The highest BCUT2D eigenvalue weighted by Gasteiger charge is 2.33. The molecule has 0 radical (unpaired) electrons. The molecule has 1 saturated carbocycles. The minimum Gasteiger partial charge on any atom is -0.357 e. The van der Waals surface area contributed by atoms with Crippen molar-refractivity contribution in [3.05, 3.63) is 35.4 Å². The molecular weight excluding hydrogens is 308 g/mol. The van der Waals surface area contributed by atoms with E-state index in [1.54, 1.807) is 0 Å². The van der Waals surface area contributed by atoms with Gasteiger partial charge in [0.1, 0.15) is 0 Å². The quantitative estimate of drug-likeness (QED) is 0.616. The van der Waals surface area contributed by atoms with E-state index in [0.29, 0.717) is 6.04 Å². The molecule has 0 amide bonds. The Kier molecular flexibility index (Phi) is 6.35. The summed E-state index contributed by atoms with van der Waals surface area (Å²) in [4.78, 5) is 7.43. The van der Waals surface area contributed by atoms with Crippen molar-refractivity contribution in [1.82, 2.24) is 15.5 Å². The van der Waals surface area contributed by atoms with Gasteiger partial charge in [0.15, 0.2) is 5.96 Å². The van der Waals surface area contributed by atoms with Crippen LogP contribution in [0.15, 0.2) is 29.3 Å². The van der Waals surface area contributed by atoms with E-state index in [1.807, 2.05) is 0 Å². The molecule has 25 heavy (non-hydrogen) atoms. The number of aliphatic imine (C=N–C) groups is 1. The van der Waals surface area contributed by atoms with Gasteiger partial charge in [-0.15, -0.1) is 0 Å². The molecular formula is C21H34N4. The van der Waals surface area contributed by atoms with Gasteiger partial charge >= 0.3 is 0 Å². The largest absolute Gasteiger partial charge is 0.357 e. The monoisotopic (exact) mass is 342 g/mol. The molecule has 2 unspecified atom stereocenters. The highest BCUT2D eigenvalue weighted by atomic mass is 15.2. The Hall–Kier alpha value is -1.55. The lowest BCUT2D eigenvalue weighted by molar-refractivity contribution is 0.180. The molecule has 1 aromatic carbocycles. The third-order valence-electron chi connectivity index (χ3n) is 5.52. The zero-order valence-electron chi connectivity index (χ0n) is 16.1. The fourth-order valence-corrected chi connectivity index (χ4v) is 3.52. The molecule has 2 fully saturated rings. The summed E-state index contributed by atoms with van der Waals surface area (Å²) in [7, 11) is 0. The van der Waals surface area contributed by atoms with Gasteiger partial charge in [-0.25, -0.2) is 0 Å². The predicted molar refractivity (Wildman–Crippen MR) is 106 cm³/mol. The van der Waals surface area contributed by atoms with E-state index in [-0.39, 0.29) is 0 Å². The Morgan fingerprint density at radius 1 is 1.20 bits per heavy atom. The molecule has 1 aromatic rings. The van der Waals surface area contributed by atoms with Crippen LogP contribution in [0.1, 0.15) is 44.2 Å². The van der Waals surface area contributed by atoms with Gasteiger partial charge in [0.2, 0.25) is 0 Å². The Bertz CT molecular complexity index is 558. The molecule has 2 N–H and O–H groups in total. The Morgan fingerprint density at radius 2 is 1.88 bits per heavy atom. The molecule has 0 spiro atoms. The van der Waals surface area contributed by atoms with Crippen LogP contribution < -0.4 is 10.6 Å². The fourth-order valence-electron chi connectivity index (χ4n) is 3.52. The zero-order chi connectivity index (χ0) is 17.6. The number of aryl methyl sites for hydroxylation is 1. The number of nitrogens with zero attached hydrogens (tertiary/aromatic N) is 2. The number of nitrogens with one attached hydrogen (secondary N) is 2. The maximum atomic E-state index is 4.85. The number of rotatable bonds is 6. The number of hydrogen-bond donors (Lipinski definition) is 2. The third kappa shape index (κ3) is 5.74. The van der Waals surface area contributed by atoms with Crippen LogP contribution >= 0.6 is 0 Å². The predicted octanol–water partition coefficient (Wildman–Crippen LogP) is 3.17. The number of guanidine groups is 1. The molecule has 0 bridgehead atoms. The van der Waals surface area contributed by atoms with Crippen molar-refractivity contribution in [1.29, 1.82) is 0 Å². The van der Waals surface area contributed by atoms with Crippen molar-refractivity contribution in [3.63, 3.8) is 0 Å². The van der Waals surface area contributed by atoms with Crippen molar-refractivity contribution in [2.45, 2.75) is 52.6 Å². The third-order valence-corrected chi connectivity index (χ3v) is 5.52. The molecule has 4 nitrogen and oxygen atoms in total. The van der Waals surface area contributed by atoms with Crippen molar-refractivity contribution in [2.24, 2.45) is 16.8 Å². The van der Waals surface area contributed by atoms with Crippen LogP contribution in [0.2, 0.25) is 0 Å². The van der Waals surface area contributed by atoms with E-state index in [2.05, 4.69) is 60.6 Å². The van der Waals surface area contributed by atoms with Crippen LogP contribution in [0.3, 0.4) is 0 Å².